The van der Waals surface area contributed by atoms with Gasteiger partial charge in [-0.2, -0.15) is 0 Å². The van der Waals surface area contributed by atoms with Crippen LogP contribution in [0.5, 0.6) is 0 Å². The fraction of sp³-hybridized carbons (Fsp3) is 0.562. The van der Waals surface area contributed by atoms with Crippen molar-refractivity contribution in [2.45, 2.75) is 46.0 Å². The molecule has 0 heterocycles. The number of unbranched alkanes of at least 4 members (excludes halogenated alkanes) is 2. The first-order valence-corrected chi connectivity index (χ1v) is 9.02. The lowest BCUT2D eigenvalue weighted by Gasteiger charge is -2.09. The molecule has 0 saturated carbocycles. The van der Waals surface area contributed by atoms with Crippen molar-refractivity contribution in [2.24, 2.45) is 0 Å². The van der Waals surface area contributed by atoms with Crippen LogP contribution in [-0.4, -0.2) is 21.6 Å². The number of aryl methyl sites for hydroxylation is 1. The van der Waals surface area contributed by atoms with Crippen LogP contribution in [0, 0.1) is 6.92 Å². The third kappa shape index (κ3) is 7.27. The molecule has 4 nitrogen and oxygen atoms in total. The molecule has 0 radical (unpaired) electrons. The Hall–Kier alpha value is -1.36. The fourth-order valence-corrected chi connectivity index (χ4v) is 3.19. The second-order valence-corrected chi connectivity index (χ2v) is 6.98. The number of benzene rings is 1. The van der Waals surface area contributed by atoms with Gasteiger partial charge in [-0.05, 0) is 37.5 Å². The average molecular weight is 310 g/mol. The van der Waals surface area contributed by atoms with Crippen molar-refractivity contribution in [3.63, 3.8) is 0 Å². The minimum absolute atomic E-state index is 0.0470. The quantitative estimate of drug-likeness (QED) is 0.543. The number of carbonyl (C=O) groups is 1. The highest BCUT2D eigenvalue weighted by Gasteiger charge is 2.07. The maximum Gasteiger partial charge on any atom is 0.224 e. The highest BCUT2D eigenvalue weighted by molar-refractivity contribution is 7.84. The molecule has 0 spiro atoms. The van der Waals surface area contributed by atoms with Crippen molar-refractivity contribution in [3.8, 4) is 0 Å². The van der Waals surface area contributed by atoms with Crippen molar-refractivity contribution in [1.82, 2.24) is 0 Å². The summed E-state index contributed by atoms with van der Waals surface area (Å²) in [7, 11) is -0.792. The van der Waals surface area contributed by atoms with Crippen molar-refractivity contribution in [2.75, 3.05) is 22.6 Å². The molecule has 1 rings (SSSR count). The van der Waals surface area contributed by atoms with Crippen LogP contribution in [0.15, 0.2) is 18.2 Å². The molecule has 0 aliphatic heterocycles. The van der Waals surface area contributed by atoms with Gasteiger partial charge >= 0.3 is 0 Å². The van der Waals surface area contributed by atoms with Gasteiger partial charge in [0.1, 0.15) is 0 Å². The Bertz CT molecular complexity index is 489. The van der Waals surface area contributed by atoms with Crippen LogP contribution in [-0.2, 0) is 15.6 Å². The second-order valence-electron chi connectivity index (χ2n) is 5.28. The zero-order valence-electron chi connectivity index (χ0n) is 13.0. The molecule has 0 saturated heterocycles. The zero-order valence-corrected chi connectivity index (χ0v) is 13.8. The van der Waals surface area contributed by atoms with Gasteiger partial charge in [-0.3, -0.25) is 9.00 Å². The molecule has 1 aromatic rings. The molecule has 118 valence electrons. The summed E-state index contributed by atoms with van der Waals surface area (Å²) in [5, 5.41) is 2.86. The lowest BCUT2D eigenvalue weighted by Crippen LogP contribution is -2.14. The van der Waals surface area contributed by atoms with Crippen LogP contribution in [0.2, 0.25) is 0 Å². The summed E-state index contributed by atoms with van der Waals surface area (Å²) in [5.41, 5.74) is 8.08. The molecule has 5 heteroatoms. The highest BCUT2D eigenvalue weighted by Crippen LogP contribution is 2.18. The summed E-state index contributed by atoms with van der Waals surface area (Å²) in [4.78, 5) is 11.9. The van der Waals surface area contributed by atoms with Gasteiger partial charge in [0, 0.05) is 40.1 Å². The summed E-state index contributed by atoms with van der Waals surface area (Å²) in [5.74, 6) is 1.31. The van der Waals surface area contributed by atoms with Crippen LogP contribution in [0.1, 0.15) is 44.6 Å². The van der Waals surface area contributed by atoms with E-state index in [9.17, 15) is 9.00 Å². The van der Waals surface area contributed by atoms with Gasteiger partial charge in [0.25, 0.3) is 0 Å². The number of rotatable bonds is 9. The summed E-state index contributed by atoms with van der Waals surface area (Å²) in [6.07, 6.45) is 4.33. The number of carbonyl (C=O) groups excluding carboxylic acids is 1. The lowest BCUT2D eigenvalue weighted by atomic mass is 10.1. The SMILES string of the molecule is CCCCCS(=O)CCCC(=O)Nc1cc(N)ccc1C. The number of hydrogen-bond donors (Lipinski definition) is 2. The molecule has 3 N–H and O–H groups in total. The molecule has 1 aromatic carbocycles. The predicted molar refractivity (Wildman–Crippen MR) is 90.9 cm³/mol. The Morgan fingerprint density at radius 3 is 2.67 bits per heavy atom. The van der Waals surface area contributed by atoms with E-state index in [1.807, 2.05) is 19.1 Å². The molecule has 0 aliphatic rings. The number of nitrogens with one attached hydrogen (secondary N) is 1. The highest BCUT2D eigenvalue weighted by atomic mass is 32.2. The van der Waals surface area contributed by atoms with Crippen molar-refractivity contribution in [1.29, 1.82) is 0 Å². The molecule has 0 aromatic heterocycles. The molecule has 0 fully saturated rings. The monoisotopic (exact) mass is 310 g/mol. The van der Waals surface area contributed by atoms with E-state index in [4.69, 9.17) is 5.73 Å². The van der Waals surface area contributed by atoms with E-state index < -0.39 is 10.8 Å². The Morgan fingerprint density at radius 2 is 1.95 bits per heavy atom. The van der Waals surface area contributed by atoms with Crippen LogP contribution < -0.4 is 11.1 Å². The van der Waals surface area contributed by atoms with Gasteiger partial charge in [0.05, 0.1) is 0 Å². The van der Waals surface area contributed by atoms with E-state index >= 15 is 0 Å². The van der Waals surface area contributed by atoms with E-state index in [1.165, 1.54) is 0 Å². The molecule has 1 unspecified atom stereocenters. The summed E-state index contributed by atoms with van der Waals surface area (Å²) >= 11 is 0. The van der Waals surface area contributed by atoms with Gasteiger partial charge in [-0.15, -0.1) is 0 Å². The van der Waals surface area contributed by atoms with E-state index in [0.29, 0.717) is 24.3 Å². The first-order chi connectivity index (χ1) is 10.0. The van der Waals surface area contributed by atoms with E-state index in [0.717, 1.165) is 36.3 Å². The van der Waals surface area contributed by atoms with Crippen molar-refractivity contribution >= 4 is 28.1 Å². The number of nitrogens with two attached hydrogens (primary N) is 1. The smallest absolute Gasteiger partial charge is 0.224 e. The van der Waals surface area contributed by atoms with Gasteiger partial charge in [0.2, 0.25) is 5.91 Å². The summed E-state index contributed by atoms with van der Waals surface area (Å²) in [6.45, 7) is 4.06. The third-order valence-electron chi connectivity index (χ3n) is 3.29. The molecule has 0 aliphatic carbocycles. The zero-order chi connectivity index (χ0) is 15.7. The van der Waals surface area contributed by atoms with E-state index in [2.05, 4.69) is 12.2 Å². The van der Waals surface area contributed by atoms with E-state index in [-0.39, 0.29) is 5.91 Å². The predicted octanol–water partition coefficient (Wildman–Crippen LogP) is 3.23. The van der Waals surface area contributed by atoms with Crippen molar-refractivity contribution < 1.29 is 9.00 Å². The maximum atomic E-state index is 11.9. The number of amides is 1. The number of nitrogen functional groups attached to an aromatic ring is 1. The third-order valence-corrected chi connectivity index (χ3v) is 4.78. The van der Waals surface area contributed by atoms with Crippen LogP contribution in [0.4, 0.5) is 11.4 Å². The van der Waals surface area contributed by atoms with Gasteiger partial charge < -0.3 is 11.1 Å². The standard InChI is InChI=1S/C16H26N2O2S/c1-3-4-5-10-21(20)11-6-7-16(19)18-15-12-14(17)9-8-13(15)2/h8-9,12H,3-7,10-11,17H2,1-2H3,(H,18,19). The van der Waals surface area contributed by atoms with E-state index in [1.54, 1.807) is 6.07 Å². The first kappa shape index (κ1) is 17.7. The molecule has 1 atom stereocenters. The minimum Gasteiger partial charge on any atom is -0.399 e. The molecular formula is C16H26N2O2S. The van der Waals surface area contributed by atoms with Crippen LogP contribution in [0.3, 0.4) is 0 Å². The Balaban J connectivity index is 2.28. The molecule has 21 heavy (non-hydrogen) atoms. The topological polar surface area (TPSA) is 72.2 Å². The van der Waals surface area contributed by atoms with Gasteiger partial charge in [0.15, 0.2) is 0 Å². The van der Waals surface area contributed by atoms with Gasteiger partial charge in [-0.25, -0.2) is 0 Å². The maximum absolute atomic E-state index is 11.9. The summed E-state index contributed by atoms with van der Waals surface area (Å²) in [6, 6.07) is 5.45. The lowest BCUT2D eigenvalue weighted by molar-refractivity contribution is -0.116. The molecule has 0 bridgehead atoms. The first-order valence-electron chi connectivity index (χ1n) is 7.54. The molecular weight excluding hydrogens is 284 g/mol. The largest absolute Gasteiger partial charge is 0.399 e. The van der Waals surface area contributed by atoms with Crippen molar-refractivity contribution in [3.05, 3.63) is 23.8 Å². The number of anilines is 2. The average Bonchev–Trinajstić information content (AvgIpc) is 2.43. The summed E-state index contributed by atoms with van der Waals surface area (Å²) < 4.78 is 11.7. The fourth-order valence-electron chi connectivity index (χ4n) is 2.00. The Labute approximate surface area is 130 Å². The Kier molecular flexibility index (Phi) is 8.05. The van der Waals surface area contributed by atoms with Crippen LogP contribution in [0.25, 0.3) is 0 Å². The van der Waals surface area contributed by atoms with Crippen LogP contribution >= 0.6 is 0 Å². The van der Waals surface area contributed by atoms with Gasteiger partial charge in [-0.1, -0.05) is 25.8 Å². The molecule has 1 amide bonds. The minimum atomic E-state index is -0.792. The second kappa shape index (κ2) is 9.55. The normalized spacial score (nSPS) is 12.1. The Morgan fingerprint density at radius 1 is 1.24 bits per heavy atom. The number of hydrogen-bond acceptors (Lipinski definition) is 3.